The van der Waals surface area contributed by atoms with Gasteiger partial charge in [0.15, 0.2) is 0 Å². The Kier molecular flexibility index (Phi) is 2.93. The van der Waals surface area contributed by atoms with E-state index in [0.29, 0.717) is 6.54 Å². The highest BCUT2D eigenvalue weighted by molar-refractivity contribution is 7.19. The summed E-state index contributed by atoms with van der Waals surface area (Å²) < 4.78 is 0. The topological polar surface area (TPSA) is 58.0 Å². The SMILES string of the molecule is OC1(CNc2ncnc3sc4c(c23)CCC4)CCCC1. The van der Waals surface area contributed by atoms with E-state index >= 15 is 0 Å². The third kappa shape index (κ3) is 2.00. The zero-order valence-electron chi connectivity index (χ0n) is 11.5. The number of aromatic nitrogens is 2. The third-order valence-corrected chi connectivity index (χ3v) is 5.82. The van der Waals surface area contributed by atoms with E-state index < -0.39 is 5.60 Å². The molecule has 1 fully saturated rings. The highest BCUT2D eigenvalue weighted by Crippen LogP contribution is 2.39. The minimum Gasteiger partial charge on any atom is -0.388 e. The van der Waals surface area contributed by atoms with Crippen LogP contribution in [0.15, 0.2) is 6.33 Å². The molecule has 0 radical (unpaired) electrons. The summed E-state index contributed by atoms with van der Waals surface area (Å²) >= 11 is 1.80. The van der Waals surface area contributed by atoms with Crippen molar-refractivity contribution in [1.29, 1.82) is 0 Å². The first kappa shape index (κ1) is 12.5. The number of nitrogens with one attached hydrogen (secondary N) is 1. The molecule has 0 spiro atoms. The fourth-order valence-electron chi connectivity index (χ4n) is 3.52. The molecule has 106 valence electrons. The van der Waals surface area contributed by atoms with Crippen LogP contribution in [-0.4, -0.2) is 27.2 Å². The van der Waals surface area contributed by atoms with Crippen molar-refractivity contribution in [1.82, 2.24) is 9.97 Å². The van der Waals surface area contributed by atoms with Crippen molar-refractivity contribution in [3.05, 3.63) is 16.8 Å². The van der Waals surface area contributed by atoms with Crippen molar-refractivity contribution in [2.24, 2.45) is 0 Å². The smallest absolute Gasteiger partial charge is 0.138 e. The predicted octanol–water partition coefficient (Wildman–Crippen LogP) is 2.90. The molecule has 2 aliphatic carbocycles. The minimum atomic E-state index is -0.545. The lowest BCUT2D eigenvalue weighted by molar-refractivity contribution is 0.0614. The first-order valence-corrected chi connectivity index (χ1v) is 8.28. The number of nitrogens with zero attached hydrogens (tertiary/aromatic N) is 2. The van der Waals surface area contributed by atoms with Gasteiger partial charge >= 0.3 is 0 Å². The summed E-state index contributed by atoms with van der Waals surface area (Å²) in [4.78, 5) is 11.4. The second kappa shape index (κ2) is 4.67. The Balaban J connectivity index is 1.66. The summed E-state index contributed by atoms with van der Waals surface area (Å²) in [6, 6.07) is 0. The van der Waals surface area contributed by atoms with E-state index in [1.165, 1.54) is 28.7 Å². The molecule has 5 heteroatoms. The summed E-state index contributed by atoms with van der Waals surface area (Å²) in [6.45, 7) is 0.601. The zero-order chi connectivity index (χ0) is 13.6. The second-order valence-corrected chi connectivity index (χ2v) is 7.13. The van der Waals surface area contributed by atoms with Gasteiger partial charge in [-0.25, -0.2) is 9.97 Å². The maximum atomic E-state index is 10.5. The Morgan fingerprint density at radius 1 is 1.20 bits per heavy atom. The summed E-state index contributed by atoms with van der Waals surface area (Å²) in [7, 11) is 0. The molecule has 4 rings (SSSR count). The molecule has 2 aromatic rings. The number of aliphatic hydroxyl groups is 1. The van der Waals surface area contributed by atoms with Crippen molar-refractivity contribution >= 4 is 27.4 Å². The lowest BCUT2D eigenvalue weighted by Crippen LogP contribution is -2.33. The molecule has 0 aromatic carbocycles. The molecule has 2 aromatic heterocycles. The van der Waals surface area contributed by atoms with Gasteiger partial charge in [-0.15, -0.1) is 11.3 Å². The molecule has 2 N–H and O–H groups in total. The summed E-state index contributed by atoms with van der Waals surface area (Å²) in [6.07, 6.45) is 9.26. The van der Waals surface area contributed by atoms with Crippen LogP contribution in [0.2, 0.25) is 0 Å². The van der Waals surface area contributed by atoms with E-state index in [0.717, 1.165) is 42.8 Å². The van der Waals surface area contributed by atoms with Gasteiger partial charge in [0.05, 0.1) is 11.0 Å². The first-order valence-electron chi connectivity index (χ1n) is 7.47. The van der Waals surface area contributed by atoms with Crippen LogP contribution in [0.25, 0.3) is 10.2 Å². The number of fused-ring (bicyclic) bond motifs is 3. The highest BCUT2D eigenvalue weighted by Gasteiger charge is 2.31. The number of aryl methyl sites for hydroxylation is 2. The van der Waals surface area contributed by atoms with E-state index in [1.54, 1.807) is 17.7 Å². The average Bonchev–Trinajstić information content (AvgIpc) is 3.11. The van der Waals surface area contributed by atoms with Crippen LogP contribution < -0.4 is 5.32 Å². The van der Waals surface area contributed by atoms with Gasteiger partial charge < -0.3 is 10.4 Å². The van der Waals surface area contributed by atoms with Crippen LogP contribution in [0, 0.1) is 0 Å². The van der Waals surface area contributed by atoms with Crippen LogP contribution in [0.5, 0.6) is 0 Å². The Morgan fingerprint density at radius 3 is 2.90 bits per heavy atom. The molecule has 20 heavy (non-hydrogen) atoms. The van der Waals surface area contributed by atoms with Gasteiger partial charge in [-0.1, -0.05) is 12.8 Å². The van der Waals surface area contributed by atoms with E-state index in [4.69, 9.17) is 0 Å². The van der Waals surface area contributed by atoms with Gasteiger partial charge in [-0.3, -0.25) is 0 Å². The Labute approximate surface area is 122 Å². The van der Waals surface area contributed by atoms with Crippen molar-refractivity contribution in [3.63, 3.8) is 0 Å². The molecule has 2 heterocycles. The van der Waals surface area contributed by atoms with Gasteiger partial charge in [0.2, 0.25) is 0 Å². The number of anilines is 1. The Bertz CT molecular complexity index is 646. The molecule has 4 nitrogen and oxygen atoms in total. The Hall–Kier alpha value is -1.20. The molecule has 0 saturated heterocycles. The van der Waals surface area contributed by atoms with Crippen molar-refractivity contribution in [2.45, 2.75) is 50.5 Å². The number of thiophene rings is 1. The molecule has 0 amide bonds. The van der Waals surface area contributed by atoms with Crippen molar-refractivity contribution in [3.8, 4) is 0 Å². The molecule has 0 bridgehead atoms. The summed E-state index contributed by atoms with van der Waals surface area (Å²) in [5.41, 5.74) is 0.891. The number of hydrogen-bond donors (Lipinski definition) is 2. The van der Waals surface area contributed by atoms with Crippen LogP contribution in [0.4, 0.5) is 5.82 Å². The van der Waals surface area contributed by atoms with E-state index in [2.05, 4.69) is 15.3 Å². The minimum absolute atomic E-state index is 0.545. The first-order chi connectivity index (χ1) is 9.75. The quantitative estimate of drug-likeness (QED) is 0.912. The van der Waals surface area contributed by atoms with Crippen molar-refractivity contribution < 1.29 is 5.11 Å². The zero-order valence-corrected chi connectivity index (χ0v) is 12.3. The van der Waals surface area contributed by atoms with Crippen LogP contribution in [-0.2, 0) is 12.8 Å². The standard InChI is InChI=1S/C15H19N3OS/c19-15(6-1-2-7-15)8-16-13-12-10-4-3-5-11(10)20-14(12)18-9-17-13/h9,19H,1-8H2,(H,16,17,18). The third-order valence-electron chi connectivity index (χ3n) is 4.62. The highest BCUT2D eigenvalue weighted by atomic mass is 32.1. The van der Waals surface area contributed by atoms with Gasteiger partial charge in [-0.05, 0) is 37.7 Å². The largest absolute Gasteiger partial charge is 0.388 e. The summed E-state index contributed by atoms with van der Waals surface area (Å²) in [5, 5.41) is 15.1. The van der Waals surface area contributed by atoms with E-state index in [-0.39, 0.29) is 0 Å². The van der Waals surface area contributed by atoms with Gasteiger partial charge in [-0.2, -0.15) is 0 Å². The van der Waals surface area contributed by atoms with Crippen LogP contribution in [0.3, 0.4) is 0 Å². The summed E-state index contributed by atoms with van der Waals surface area (Å²) in [5.74, 6) is 0.912. The average molecular weight is 289 g/mol. The molecule has 0 atom stereocenters. The van der Waals surface area contributed by atoms with Gasteiger partial charge in [0, 0.05) is 11.4 Å². The second-order valence-electron chi connectivity index (χ2n) is 6.04. The predicted molar refractivity (Wildman–Crippen MR) is 81.3 cm³/mol. The lowest BCUT2D eigenvalue weighted by Gasteiger charge is -2.22. The fraction of sp³-hybridized carbons (Fsp3) is 0.600. The molecular weight excluding hydrogens is 270 g/mol. The molecule has 2 aliphatic rings. The van der Waals surface area contributed by atoms with E-state index in [1.807, 2.05) is 0 Å². The lowest BCUT2D eigenvalue weighted by atomic mass is 10.0. The molecule has 1 saturated carbocycles. The van der Waals surface area contributed by atoms with Gasteiger partial charge in [0.1, 0.15) is 17.0 Å². The number of rotatable bonds is 3. The monoisotopic (exact) mass is 289 g/mol. The maximum absolute atomic E-state index is 10.5. The number of hydrogen-bond acceptors (Lipinski definition) is 5. The maximum Gasteiger partial charge on any atom is 0.138 e. The van der Waals surface area contributed by atoms with Crippen LogP contribution >= 0.6 is 11.3 Å². The normalized spacial score (nSPS) is 20.4. The van der Waals surface area contributed by atoms with E-state index in [9.17, 15) is 5.11 Å². The molecular formula is C15H19N3OS. The Morgan fingerprint density at radius 2 is 2.05 bits per heavy atom. The van der Waals surface area contributed by atoms with Crippen LogP contribution in [0.1, 0.15) is 42.5 Å². The molecule has 0 aliphatic heterocycles. The molecule has 0 unspecified atom stereocenters. The fourth-order valence-corrected chi connectivity index (χ4v) is 4.75. The van der Waals surface area contributed by atoms with Gasteiger partial charge in [0.25, 0.3) is 0 Å². The van der Waals surface area contributed by atoms with Crippen molar-refractivity contribution in [2.75, 3.05) is 11.9 Å².